The molecule has 2 atom stereocenters. The van der Waals surface area contributed by atoms with Gasteiger partial charge in [-0.3, -0.25) is 4.79 Å². The molecule has 0 aromatic rings. The van der Waals surface area contributed by atoms with Crippen molar-refractivity contribution in [3.8, 4) is 0 Å². The summed E-state index contributed by atoms with van der Waals surface area (Å²) in [7, 11) is 0. The number of rotatable bonds is 4. The number of carbonyl (C=O) groups excluding carboxylic acids is 1. The highest BCUT2D eigenvalue weighted by atomic mass is 32.1. The molecule has 4 heteroatoms. The second kappa shape index (κ2) is 4.92. The first kappa shape index (κ1) is 14.4. The van der Waals surface area contributed by atoms with Crippen LogP contribution in [0.25, 0.3) is 0 Å². The van der Waals surface area contributed by atoms with E-state index < -0.39 is 5.54 Å². The minimum atomic E-state index is -0.551. The lowest BCUT2D eigenvalue weighted by atomic mass is 9.81. The summed E-state index contributed by atoms with van der Waals surface area (Å²) in [5.41, 5.74) is 5.25. The molecule has 17 heavy (non-hydrogen) atoms. The molecule has 0 spiro atoms. The van der Waals surface area contributed by atoms with E-state index in [9.17, 15) is 4.79 Å². The quantitative estimate of drug-likeness (QED) is 0.759. The van der Waals surface area contributed by atoms with Crippen molar-refractivity contribution in [1.29, 1.82) is 0 Å². The lowest BCUT2D eigenvalue weighted by molar-refractivity contribution is -0.128. The molecular weight excluding hydrogens is 232 g/mol. The monoisotopic (exact) mass is 256 g/mol. The third-order valence-corrected chi connectivity index (χ3v) is 4.67. The van der Waals surface area contributed by atoms with Crippen molar-refractivity contribution in [2.45, 2.75) is 58.9 Å². The van der Waals surface area contributed by atoms with Crippen LogP contribution in [0, 0.1) is 11.3 Å². The van der Waals surface area contributed by atoms with Crippen LogP contribution in [0.1, 0.15) is 53.4 Å². The van der Waals surface area contributed by atoms with Gasteiger partial charge in [-0.05, 0) is 31.6 Å². The predicted molar refractivity (Wildman–Crippen MR) is 74.7 cm³/mol. The Morgan fingerprint density at radius 1 is 1.59 bits per heavy atom. The average Bonchev–Trinajstić information content (AvgIpc) is 2.57. The van der Waals surface area contributed by atoms with Crippen LogP contribution in [-0.4, -0.2) is 16.4 Å². The molecule has 1 aliphatic rings. The zero-order chi connectivity index (χ0) is 13.3. The molecule has 1 amide bonds. The Morgan fingerprint density at radius 2 is 2.18 bits per heavy atom. The first-order valence-electron chi connectivity index (χ1n) is 6.35. The molecule has 2 unspecified atom stereocenters. The Labute approximate surface area is 110 Å². The Hall–Kier alpha value is -0.640. The number of nitrogens with two attached hydrogens (primary N) is 1. The summed E-state index contributed by atoms with van der Waals surface area (Å²) in [5, 5.41) is 3.03. The number of amides is 1. The standard InChI is InChI=1S/C13H24N2OS/c1-5-13(4,11(14)17)15-10(16)9-7-6-8-12(9,2)3/h9H,5-8H2,1-4H3,(H2,14,17)(H,15,16). The van der Waals surface area contributed by atoms with Crippen LogP contribution in [-0.2, 0) is 4.79 Å². The van der Waals surface area contributed by atoms with Crippen molar-refractivity contribution < 1.29 is 4.79 Å². The molecule has 98 valence electrons. The summed E-state index contributed by atoms with van der Waals surface area (Å²) in [6, 6.07) is 0. The molecule has 0 saturated heterocycles. The Kier molecular flexibility index (Phi) is 4.18. The molecule has 0 heterocycles. The molecule has 0 aliphatic heterocycles. The van der Waals surface area contributed by atoms with E-state index in [0.717, 1.165) is 25.7 Å². The second-order valence-electron chi connectivity index (χ2n) is 5.97. The SMILES string of the molecule is CCC(C)(NC(=O)C1CCCC1(C)C)C(N)=S. The van der Waals surface area contributed by atoms with Crippen LogP contribution >= 0.6 is 12.2 Å². The topological polar surface area (TPSA) is 55.1 Å². The van der Waals surface area contributed by atoms with Gasteiger partial charge in [0.1, 0.15) is 0 Å². The minimum Gasteiger partial charge on any atom is -0.391 e. The summed E-state index contributed by atoms with van der Waals surface area (Å²) in [6.07, 6.45) is 3.93. The van der Waals surface area contributed by atoms with Crippen LogP contribution in [0.5, 0.6) is 0 Å². The molecule has 0 bridgehead atoms. The fourth-order valence-corrected chi connectivity index (χ4v) is 2.69. The van der Waals surface area contributed by atoms with Gasteiger partial charge < -0.3 is 11.1 Å². The maximum Gasteiger partial charge on any atom is 0.224 e. The van der Waals surface area contributed by atoms with Crippen molar-refractivity contribution >= 4 is 23.1 Å². The van der Waals surface area contributed by atoms with Gasteiger partial charge in [0.25, 0.3) is 0 Å². The van der Waals surface area contributed by atoms with Crippen molar-refractivity contribution in [2.24, 2.45) is 17.1 Å². The first-order valence-corrected chi connectivity index (χ1v) is 6.75. The molecule has 1 fully saturated rings. The van der Waals surface area contributed by atoms with Gasteiger partial charge in [-0.25, -0.2) is 0 Å². The highest BCUT2D eigenvalue weighted by Crippen LogP contribution is 2.42. The van der Waals surface area contributed by atoms with Gasteiger partial charge in [-0.15, -0.1) is 0 Å². The van der Waals surface area contributed by atoms with Crippen molar-refractivity contribution in [1.82, 2.24) is 5.32 Å². The third-order valence-electron chi connectivity index (χ3n) is 4.22. The Bertz CT molecular complexity index is 327. The smallest absolute Gasteiger partial charge is 0.224 e. The van der Waals surface area contributed by atoms with Crippen LogP contribution in [0.15, 0.2) is 0 Å². The molecule has 1 rings (SSSR count). The van der Waals surface area contributed by atoms with Crippen LogP contribution in [0.3, 0.4) is 0 Å². The third kappa shape index (κ3) is 2.97. The van der Waals surface area contributed by atoms with Crippen LogP contribution in [0.4, 0.5) is 0 Å². The van der Waals surface area contributed by atoms with Gasteiger partial charge in [0, 0.05) is 5.92 Å². The summed E-state index contributed by atoms with van der Waals surface area (Å²) < 4.78 is 0. The minimum absolute atomic E-state index is 0.0859. The summed E-state index contributed by atoms with van der Waals surface area (Å²) in [5.74, 6) is 0.187. The molecule has 0 aromatic carbocycles. The zero-order valence-electron chi connectivity index (χ0n) is 11.3. The number of hydrogen-bond acceptors (Lipinski definition) is 2. The van der Waals surface area contributed by atoms with E-state index in [1.165, 1.54) is 0 Å². The molecule has 1 saturated carbocycles. The Morgan fingerprint density at radius 3 is 2.53 bits per heavy atom. The lowest BCUT2D eigenvalue weighted by Gasteiger charge is -2.33. The van der Waals surface area contributed by atoms with E-state index in [1.54, 1.807) is 0 Å². The molecule has 0 radical (unpaired) electrons. The summed E-state index contributed by atoms with van der Waals surface area (Å²) >= 11 is 5.04. The second-order valence-corrected chi connectivity index (χ2v) is 6.41. The highest BCUT2D eigenvalue weighted by Gasteiger charge is 2.41. The number of nitrogens with one attached hydrogen (secondary N) is 1. The molecular formula is C13H24N2OS. The van der Waals surface area contributed by atoms with Gasteiger partial charge in [0.2, 0.25) is 5.91 Å². The maximum atomic E-state index is 12.3. The highest BCUT2D eigenvalue weighted by molar-refractivity contribution is 7.80. The van der Waals surface area contributed by atoms with E-state index in [1.807, 2.05) is 13.8 Å². The normalized spacial score (nSPS) is 26.2. The molecule has 3 nitrogen and oxygen atoms in total. The zero-order valence-corrected chi connectivity index (χ0v) is 12.1. The van der Waals surface area contributed by atoms with Crippen LogP contribution < -0.4 is 11.1 Å². The van der Waals surface area contributed by atoms with Gasteiger partial charge in [0.05, 0.1) is 10.5 Å². The first-order chi connectivity index (χ1) is 7.73. The van der Waals surface area contributed by atoms with Crippen LogP contribution in [0.2, 0.25) is 0 Å². The lowest BCUT2D eigenvalue weighted by Crippen LogP contribution is -2.56. The van der Waals surface area contributed by atoms with E-state index in [4.69, 9.17) is 18.0 Å². The Balaban J connectivity index is 2.75. The van der Waals surface area contributed by atoms with Gasteiger partial charge in [-0.2, -0.15) is 0 Å². The summed E-state index contributed by atoms with van der Waals surface area (Å²) in [6.45, 7) is 8.21. The van der Waals surface area contributed by atoms with E-state index in [2.05, 4.69) is 19.2 Å². The number of hydrogen-bond donors (Lipinski definition) is 2. The van der Waals surface area contributed by atoms with E-state index in [-0.39, 0.29) is 17.2 Å². The maximum absolute atomic E-state index is 12.3. The molecule has 3 N–H and O–H groups in total. The number of carbonyl (C=O) groups is 1. The predicted octanol–water partition coefficient (Wildman–Crippen LogP) is 2.38. The van der Waals surface area contributed by atoms with Gasteiger partial charge in [-0.1, -0.05) is 39.4 Å². The fraction of sp³-hybridized carbons (Fsp3) is 0.846. The molecule has 0 aromatic heterocycles. The largest absolute Gasteiger partial charge is 0.391 e. The van der Waals surface area contributed by atoms with E-state index in [0.29, 0.717) is 4.99 Å². The van der Waals surface area contributed by atoms with E-state index >= 15 is 0 Å². The van der Waals surface area contributed by atoms with Crippen molar-refractivity contribution in [2.75, 3.05) is 0 Å². The fourth-order valence-electron chi connectivity index (χ4n) is 2.50. The average molecular weight is 256 g/mol. The van der Waals surface area contributed by atoms with Crippen molar-refractivity contribution in [3.05, 3.63) is 0 Å². The number of thiocarbonyl (C=S) groups is 1. The molecule has 1 aliphatic carbocycles. The summed E-state index contributed by atoms with van der Waals surface area (Å²) in [4.78, 5) is 12.7. The van der Waals surface area contributed by atoms with Crippen molar-refractivity contribution in [3.63, 3.8) is 0 Å². The van der Waals surface area contributed by atoms with Gasteiger partial charge >= 0.3 is 0 Å². The van der Waals surface area contributed by atoms with Gasteiger partial charge in [0.15, 0.2) is 0 Å².